The molecular weight excluding hydrogens is 208 g/mol. The predicted octanol–water partition coefficient (Wildman–Crippen LogP) is 2.78. The molecule has 17 heavy (non-hydrogen) atoms. The summed E-state index contributed by atoms with van der Waals surface area (Å²) in [5.74, 6) is 0.959. The highest BCUT2D eigenvalue weighted by atomic mass is 15.3. The number of nitrogens with one attached hydrogen (secondary N) is 1. The Morgan fingerprint density at radius 1 is 1.12 bits per heavy atom. The van der Waals surface area contributed by atoms with Crippen LogP contribution in [0.2, 0.25) is 0 Å². The third-order valence-electron chi connectivity index (χ3n) is 5.49. The van der Waals surface area contributed by atoms with E-state index in [2.05, 4.69) is 24.1 Å². The summed E-state index contributed by atoms with van der Waals surface area (Å²) < 4.78 is 0. The quantitative estimate of drug-likeness (QED) is 0.793. The third kappa shape index (κ3) is 2.39. The molecule has 3 rings (SSSR count). The molecule has 1 heterocycles. The van der Waals surface area contributed by atoms with Gasteiger partial charge in [-0.15, -0.1) is 0 Å². The predicted molar refractivity (Wildman–Crippen MR) is 72.2 cm³/mol. The first-order chi connectivity index (χ1) is 8.19. The van der Waals surface area contributed by atoms with Gasteiger partial charge in [0.1, 0.15) is 0 Å². The van der Waals surface area contributed by atoms with Gasteiger partial charge in [0.05, 0.1) is 0 Å². The van der Waals surface area contributed by atoms with Crippen LogP contribution in [0.15, 0.2) is 0 Å². The Labute approximate surface area is 106 Å². The van der Waals surface area contributed by atoms with E-state index in [0.717, 1.165) is 18.0 Å². The molecule has 0 radical (unpaired) electrons. The first-order valence-corrected chi connectivity index (χ1v) is 7.69. The Morgan fingerprint density at radius 2 is 1.82 bits per heavy atom. The van der Waals surface area contributed by atoms with Crippen LogP contribution in [-0.2, 0) is 0 Å². The largest absolute Gasteiger partial charge is 0.311 e. The fraction of sp³-hybridized carbons (Fsp3) is 1.00. The number of nitrogens with zero attached hydrogens (tertiary/aromatic N) is 1. The van der Waals surface area contributed by atoms with Crippen LogP contribution >= 0.6 is 0 Å². The van der Waals surface area contributed by atoms with Crippen molar-refractivity contribution in [1.29, 1.82) is 0 Å². The van der Waals surface area contributed by atoms with E-state index in [4.69, 9.17) is 0 Å². The van der Waals surface area contributed by atoms with Crippen molar-refractivity contribution < 1.29 is 0 Å². The SMILES string of the molecule is CC1CNC(C2CCCCC2)CN1C1(C)CC1. The maximum Gasteiger partial charge on any atom is 0.0224 e. The Bertz CT molecular complexity index is 266. The number of hydrogen-bond donors (Lipinski definition) is 1. The number of piperazine rings is 1. The lowest BCUT2D eigenvalue weighted by molar-refractivity contribution is 0.0614. The molecule has 1 saturated heterocycles. The summed E-state index contributed by atoms with van der Waals surface area (Å²) in [6.07, 6.45) is 10.2. The highest BCUT2D eigenvalue weighted by Gasteiger charge is 2.47. The molecule has 0 spiro atoms. The standard InChI is InChI=1S/C15H28N2/c1-12-10-16-14(13-6-4-3-5-7-13)11-17(12)15(2)8-9-15/h12-14,16H,3-11H2,1-2H3. The minimum Gasteiger partial charge on any atom is -0.311 e. The number of hydrogen-bond acceptors (Lipinski definition) is 2. The van der Waals surface area contributed by atoms with Crippen LogP contribution in [0.25, 0.3) is 0 Å². The van der Waals surface area contributed by atoms with E-state index in [-0.39, 0.29) is 0 Å². The van der Waals surface area contributed by atoms with Gasteiger partial charge in [-0.2, -0.15) is 0 Å². The fourth-order valence-corrected chi connectivity index (χ4v) is 3.96. The molecule has 2 saturated carbocycles. The lowest BCUT2D eigenvalue weighted by Gasteiger charge is -2.45. The first-order valence-electron chi connectivity index (χ1n) is 7.69. The molecule has 2 aliphatic carbocycles. The summed E-state index contributed by atoms with van der Waals surface area (Å²) in [6.45, 7) is 7.37. The van der Waals surface area contributed by atoms with Crippen LogP contribution in [0.3, 0.4) is 0 Å². The maximum absolute atomic E-state index is 3.83. The molecule has 2 heteroatoms. The lowest BCUT2D eigenvalue weighted by Crippen LogP contribution is -2.60. The molecule has 1 aliphatic heterocycles. The highest BCUT2D eigenvalue weighted by Crippen LogP contribution is 2.43. The van der Waals surface area contributed by atoms with Crippen molar-refractivity contribution in [3.05, 3.63) is 0 Å². The van der Waals surface area contributed by atoms with Crippen LogP contribution in [0.4, 0.5) is 0 Å². The molecule has 0 aromatic rings. The van der Waals surface area contributed by atoms with Crippen LogP contribution in [0.1, 0.15) is 58.8 Å². The number of rotatable bonds is 2. The molecule has 3 fully saturated rings. The van der Waals surface area contributed by atoms with E-state index >= 15 is 0 Å². The van der Waals surface area contributed by atoms with Crippen LogP contribution < -0.4 is 5.32 Å². The molecular formula is C15H28N2. The van der Waals surface area contributed by atoms with E-state index in [9.17, 15) is 0 Å². The van der Waals surface area contributed by atoms with Gasteiger partial charge in [-0.1, -0.05) is 19.3 Å². The van der Waals surface area contributed by atoms with Crippen molar-refractivity contribution in [2.24, 2.45) is 5.92 Å². The molecule has 2 atom stereocenters. The van der Waals surface area contributed by atoms with E-state index in [0.29, 0.717) is 5.54 Å². The van der Waals surface area contributed by atoms with Crippen molar-refractivity contribution in [1.82, 2.24) is 10.2 Å². The van der Waals surface area contributed by atoms with Gasteiger partial charge < -0.3 is 5.32 Å². The molecule has 0 amide bonds. The molecule has 0 bridgehead atoms. The van der Waals surface area contributed by atoms with Gasteiger partial charge in [0, 0.05) is 30.7 Å². The monoisotopic (exact) mass is 236 g/mol. The zero-order valence-corrected chi connectivity index (χ0v) is 11.5. The van der Waals surface area contributed by atoms with Crippen LogP contribution in [0.5, 0.6) is 0 Å². The van der Waals surface area contributed by atoms with Gasteiger partial charge in [-0.05, 0) is 45.4 Å². The zero-order valence-electron chi connectivity index (χ0n) is 11.5. The molecule has 2 unspecified atom stereocenters. The highest BCUT2D eigenvalue weighted by molar-refractivity contribution is 5.05. The van der Waals surface area contributed by atoms with Gasteiger partial charge in [0.15, 0.2) is 0 Å². The minimum atomic E-state index is 0.564. The summed E-state index contributed by atoms with van der Waals surface area (Å²) in [6, 6.07) is 1.52. The van der Waals surface area contributed by atoms with Gasteiger partial charge >= 0.3 is 0 Å². The summed E-state index contributed by atoms with van der Waals surface area (Å²) in [5, 5.41) is 3.83. The van der Waals surface area contributed by atoms with E-state index < -0.39 is 0 Å². The molecule has 2 nitrogen and oxygen atoms in total. The average molecular weight is 236 g/mol. The second-order valence-corrected chi connectivity index (χ2v) is 6.91. The van der Waals surface area contributed by atoms with E-state index in [1.807, 2.05) is 0 Å². The summed E-state index contributed by atoms with van der Waals surface area (Å²) >= 11 is 0. The smallest absolute Gasteiger partial charge is 0.0224 e. The molecule has 0 aromatic carbocycles. The molecule has 98 valence electrons. The topological polar surface area (TPSA) is 15.3 Å². The first kappa shape index (κ1) is 12.0. The van der Waals surface area contributed by atoms with Crippen molar-refractivity contribution in [2.75, 3.05) is 13.1 Å². The van der Waals surface area contributed by atoms with Gasteiger partial charge in [-0.3, -0.25) is 4.90 Å². The minimum absolute atomic E-state index is 0.564. The second kappa shape index (κ2) is 4.55. The zero-order chi connectivity index (χ0) is 11.9. The van der Waals surface area contributed by atoms with Crippen LogP contribution in [-0.4, -0.2) is 35.6 Å². The Kier molecular flexibility index (Phi) is 3.20. The maximum atomic E-state index is 3.83. The van der Waals surface area contributed by atoms with Crippen molar-refractivity contribution in [3.8, 4) is 0 Å². The van der Waals surface area contributed by atoms with E-state index in [1.54, 1.807) is 0 Å². The van der Waals surface area contributed by atoms with E-state index in [1.165, 1.54) is 58.0 Å². The Balaban J connectivity index is 1.63. The van der Waals surface area contributed by atoms with Gasteiger partial charge in [0.2, 0.25) is 0 Å². The average Bonchev–Trinajstić information content (AvgIpc) is 3.10. The lowest BCUT2D eigenvalue weighted by atomic mass is 9.82. The summed E-state index contributed by atoms with van der Waals surface area (Å²) in [5.41, 5.74) is 0.564. The normalized spacial score (nSPS) is 39.2. The third-order valence-corrected chi connectivity index (χ3v) is 5.49. The van der Waals surface area contributed by atoms with Crippen molar-refractivity contribution >= 4 is 0 Å². The second-order valence-electron chi connectivity index (χ2n) is 6.91. The van der Waals surface area contributed by atoms with Gasteiger partial charge in [-0.25, -0.2) is 0 Å². The molecule has 0 aromatic heterocycles. The van der Waals surface area contributed by atoms with Gasteiger partial charge in [0.25, 0.3) is 0 Å². The van der Waals surface area contributed by atoms with Crippen molar-refractivity contribution in [2.45, 2.75) is 76.4 Å². The molecule has 1 N–H and O–H groups in total. The Hall–Kier alpha value is -0.0800. The summed E-state index contributed by atoms with van der Waals surface area (Å²) in [7, 11) is 0. The molecule has 3 aliphatic rings. The van der Waals surface area contributed by atoms with Crippen LogP contribution in [0, 0.1) is 5.92 Å². The summed E-state index contributed by atoms with van der Waals surface area (Å²) in [4.78, 5) is 2.81. The van der Waals surface area contributed by atoms with Crippen molar-refractivity contribution in [3.63, 3.8) is 0 Å². The fourth-order valence-electron chi connectivity index (χ4n) is 3.96. The Morgan fingerprint density at radius 3 is 2.47 bits per heavy atom.